The van der Waals surface area contributed by atoms with E-state index in [2.05, 4.69) is 52.4 Å². The standard InChI is InChI=1S/C15H18BrNOS/c1-10-4-7-15(19-10)13(17-2)9-11-5-6-14(18-3)12(16)8-11/h4-8,13,17H,9H2,1-3H3. The maximum Gasteiger partial charge on any atom is 0.133 e. The minimum atomic E-state index is 0.360. The van der Waals surface area contributed by atoms with Gasteiger partial charge in [-0.1, -0.05) is 6.07 Å². The largest absolute Gasteiger partial charge is 0.496 e. The van der Waals surface area contributed by atoms with Crippen molar-refractivity contribution in [1.82, 2.24) is 5.32 Å². The van der Waals surface area contributed by atoms with Crippen molar-refractivity contribution in [2.24, 2.45) is 0 Å². The van der Waals surface area contributed by atoms with Gasteiger partial charge in [-0.3, -0.25) is 0 Å². The molecule has 2 aromatic rings. The van der Waals surface area contributed by atoms with Crippen molar-refractivity contribution >= 4 is 27.3 Å². The van der Waals surface area contributed by atoms with Gasteiger partial charge in [0, 0.05) is 15.8 Å². The van der Waals surface area contributed by atoms with Crippen molar-refractivity contribution in [1.29, 1.82) is 0 Å². The molecule has 1 aromatic carbocycles. The lowest BCUT2D eigenvalue weighted by molar-refractivity contribution is 0.412. The van der Waals surface area contributed by atoms with Crippen molar-refractivity contribution in [3.8, 4) is 5.75 Å². The van der Waals surface area contributed by atoms with Gasteiger partial charge in [-0.05, 0) is 66.2 Å². The lowest BCUT2D eigenvalue weighted by atomic mass is 10.0. The summed E-state index contributed by atoms with van der Waals surface area (Å²) in [5, 5.41) is 3.39. The van der Waals surface area contributed by atoms with E-state index >= 15 is 0 Å². The molecule has 1 aromatic heterocycles. The highest BCUT2D eigenvalue weighted by Gasteiger charge is 2.13. The fourth-order valence-electron chi connectivity index (χ4n) is 2.06. The summed E-state index contributed by atoms with van der Waals surface area (Å²) in [5.41, 5.74) is 1.29. The molecule has 1 heterocycles. The smallest absolute Gasteiger partial charge is 0.133 e. The zero-order valence-corrected chi connectivity index (χ0v) is 13.8. The van der Waals surface area contributed by atoms with Crippen molar-refractivity contribution in [2.45, 2.75) is 19.4 Å². The van der Waals surface area contributed by atoms with Crippen molar-refractivity contribution in [3.63, 3.8) is 0 Å². The number of nitrogens with one attached hydrogen (secondary N) is 1. The first-order valence-corrected chi connectivity index (χ1v) is 7.81. The monoisotopic (exact) mass is 339 g/mol. The number of hydrogen-bond acceptors (Lipinski definition) is 3. The zero-order valence-electron chi connectivity index (χ0n) is 11.4. The Bertz CT molecular complexity index is 553. The maximum atomic E-state index is 5.26. The highest BCUT2D eigenvalue weighted by Crippen LogP contribution is 2.29. The number of hydrogen-bond donors (Lipinski definition) is 1. The van der Waals surface area contributed by atoms with Crippen LogP contribution >= 0.6 is 27.3 Å². The number of aryl methyl sites for hydroxylation is 1. The van der Waals surface area contributed by atoms with Gasteiger partial charge >= 0.3 is 0 Å². The summed E-state index contributed by atoms with van der Waals surface area (Å²) in [6.07, 6.45) is 0.971. The summed E-state index contributed by atoms with van der Waals surface area (Å²) in [7, 11) is 3.70. The number of ether oxygens (including phenoxy) is 1. The summed E-state index contributed by atoms with van der Waals surface area (Å²) in [6, 6.07) is 11.0. The van der Waals surface area contributed by atoms with Crippen molar-refractivity contribution in [2.75, 3.05) is 14.2 Å². The van der Waals surface area contributed by atoms with E-state index < -0.39 is 0 Å². The lowest BCUT2D eigenvalue weighted by Crippen LogP contribution is -2.17. The van der Waals surface area contributed by atoms with Crippen molar-refractivity contribution in [3.05, 3.63) is 50.1 Å². The number of rotatable bonds is 5. The molecule has 4 heteroatoms. The third-order valence-corrected chi connectivity index (χ3v) is 4.84. The molecule has 0 fully saturated rings. The number of likely N-dealkylation sites (N-methyl/N-ethyl adjacent to an activating group) is 1. The third kappa shape index (κ3) is 3.59. The minimum absolute atomic E-state index is 0.360. The molecule has 0 saturated heterocycles. The Hall–Kier alpha value is -0.840. The summed E-state index contributed by atoms with van der Waals surface area (Å²) >= 11 is 5.39. The number of methoxy groups -OCH3 is 1. The average molecular weight is 340 g/mol. The molecule has 2 rings (SSSR count). The fraction of sp³-hybridized carbons (Fsp3) is 0.333. The summed E-state index contributed by atoms with van der Waals surface area (Å²) < 4.78 is 6.26. The molecule has 0 aliphatic carbocycles. The Kier molecular flexibility index (Phi) is 5.02. The molecule has 0 spiro atoms. The van der Waals surface area contributed by atoms with Gasteiger partial charge in [0.2, 0.25) is 0 Å². The summed E-state index contributed by atoms with van der Waals surface area (Å²) in [6.45, 7) is 2.14. The number of benzene rings is 1. The number of halogens is 1. The lowest BCUT2D eigenvalue weighted by Gasteiger charge is -2.15. The molecule has 1 atom stereocenters. The molecular weight excluding hydrogens is 322 g/mol. The zero-order chi connectivity index (χ0) is 13.8. The van der Waals surface area contributed by atoms with Crippen LogP contribution in [0.15, 0.2) is 34.8 Å². The maximum absolute atomic E-state index is 5.26. The Balaban J connectivity index is 2.16. The van der Waals surface area contributed by atoms with Crippen LogP contribution in [-0.2, 0) is 6.42 Å². The van der Waals surface area contributed by atoms with E-state index in [1.54, 1.807) is 7.11 Å². The molecule has 2 nitrogen and oxygen atoms in total. The van der Waals surface area contributed by atoms with Crippen LogP contribution in [0.2, 0.25) is 0 Å². The van der Waals surface area contributed by atoms with Crippen LogP contribution in [0.25, 0.3) is 0 Å². The predicted octanol–water partition coefficient (Wildman–Crippen LogP) is 4.33. The second-order valence-corrected chi connectivity index (χ2v) is 6.64. The molecule has 102 valence electrons. The molecular formula is C15H18BrNOS. The minimum Gasteiger partial charge on any atom is -0.496 e. The van der Waals surface area contributed by atoms with E-state index in [1.165, 1.54) is 15.3 Å². The van der Waals surface area contributed by atoms with Crippen LogP contribution in [0.1, 0.15) is 21.4 Å². The molecule has 0 bridgehead atoms. The highest BCUT2D eigenvalue weighted by molar-refractivity contribution is 9.10. The van der Waals surface area contributed by atoms with E-state index in [0.29, 0.717) is 6.04 Å². The van der Waals surface area contributed by atoms with Gasteiger partial charge in [-0.2, -0.15) is 0 Å². The van der Waals surface area contributed by atoms with E-state index in [-0.39, 0.29) is 0 Å². The van der Waals surface area contributed by atoms with Crippen molar-refractivity contribution < 1.29 is 4.74 Å². The first-order chi connectivity index (χ1) is 9.13. The topological polar surface area (TPSA) is 21.3 Å². The summed E-state index contributed by atoms with van der Waals surface area (Å²) in [5.74, 6) is 0.872. The fourth-order valence-corrected chi connectivity index (χ4v) is 3.63. The van der Waals surface area contributed by atoms with Gasteiger partial charge in [0.05, 0.1) is 11.6 Å². The van der Waals surface area contributed by atoms with Crippen LogP contribution in [-0.4, -0.2) is 14.2 Å². The van der Waals surface area contributed by atoms with E-state index in [0.717, 1.165) is 16.6 Å². The quantitative estimate of drug-likeness (QED) is 0.875. The van der Waals surface area contributed by atoms with Gasteiger partial charge in [0.15, 0.2) is 0 Å². The van der Waals surface area contributed by atoms with Gasteiger partial charge in [-0.25, -0.2) is 0 Å². The molecule has 19 heavy (non-hydrogen) atoms. The molecule has 0 radical (unpaired) electrons. The highest BCUT2D eigenvalue weighted by atomic mass is 79.9. The van der Waals surface area contributed by atoms with Crippen LogP contribution in [0, 0.1) is 6.92 Å². The first kappa shape index (κ1) is 14.6. The average Bonchev–Trinajstić information content (AvgIpc) is 2.82. The summed E-state index contributed by atoms with van der Waals surface area (Å²) in [4.78, 5) is 2.73. The Morgan fingerprint density at radius 1 is 1.32 bits per heavy atom. The molecule has 1 N–H and O–H groups in total. The Morgan fingerprint density at radius 2 is 2.11 bits per heavy atom. The molecule has 0 aliphatic rings. The Labute approximate surface area is 126 Å². The SMILES string of the molecule is CNC(Cc1ccc(OC)c(Br)c1)c1ccc(C)s1. The predicted molar refractivity (Wildman–Crippen MR) is 85.3 cm³/mol. The van der Waals surface area contributed by atoms with Gasteiger partial charge in [0.1, 0.15) is 5.75 Å². The van der Waals surface area contributed by atoms with Crippen LogP contribution < -0.4 is 10.1 Å². The normalized spacial score (nSPS) is 12.4. The van der Waals surface area contributed by atoms with Crippen LogP contribution in [0.5, 0.6) is 5.75 Å². The van der Waals surface area contributed by atoms with Crippen LogP contribution in [0.3, 0.4) is 0 Å². The first-order valence-electron chi connectivity index (χ1n) is 6.20. The number of thiophene rings is 1. The van der Waals surface area contributed by atoms with Crippen LogP contribution in [0.4, 0.5) is 0 Å². The van der Waals surface area contributed by atoms with E-state index in [9.17, 15) is 0 Å². The molecule has 0 saturated carbocycles. The van der Waals surface area contributed by atoms with Gasteiger partial charge in [-0.15, -0.1) is 11.3 Å². The van der Waals surface area contributed by atoms with Gasteiger partial charge < -0.3 is 10.1 Å². The van der Waals surface area contributed by atoms with Gasteiger partial charge in [0.25, 0.3) is 0 Å². The van der Waals surface area contributed by atoms with E-state index in [1.807, 2.05) is 24.5 Å². The Morgan fingerprint density at radius 3 is 2.63 bits per heavy atom. The second-order valence-electron chi connectivity index (χ2n) is 4.46. The molecule has 1 unspecified atom stereocenters. The molecule has 0 amide bonds. The molecule has 0 aliphatic heterocycles. The third-order valence-electron chi connectivity index (χ3n) is 3.11. The van der Waals surface area contributed by atoms with E-state index in [4.69, 9.17) is 4.74 Å². The second kappa shape index (κ2) is 6.55.